The molecule has 180 valence electrons. The fourth-order valence-electron chi connectivity index (χ4n) is 3.85. The number of aromatic nitrogens is 3. The number of pyridine rings is 1. The third kappa shape index (κ3) is 4.86. The Morgan fingerprint density at radius 2 is 1.92 bits per heavy atom. The largest absolute Gasteiger partial charge is 0.495 e. The second-order valence-electron chi connectivity index (χ2n) is 8.02. The molecule has 5 aromatic rings. The molecule has 0 saturated heterocycles. The number of benzene rings is 2. The van der Waals surface area contributed by atoms with Gasteiger partial charge in [-0.1, -0.05) is 41.9 Å². The maximum absolute atomic E-state index is 13.1. The highest BCUT2D eigenvalue weighted by molar-refractivity contribution is 7.22. The lowest BCUT2D eigenvalue weighted by molar-refractivity contribution is 0.101. The van der Waals surface area contributed by atoms with Gasteiger partial charge in [0, 0.05) is 35.1 Å². The van der Waals surface area contributed by atoms with E-state index < -0.39 is 0 Å². The quantitative estimate of drug-likeness (QED) is 0.254. The molecule has 0 saturated carbocycles. The van der Waals surface area contributed by atoms with Gasteiger partial charge in [0.15, 0.2) is 0 Å². The average molecular weight is 516 g/mol. The van der Waals surface area contributed by atoms with E-state index in [4.69, 9.17) is 16.3 Å². The minimum Gasteiger partial charge on any atom is -0.495 e. The minimum atomic E-state index is -0.382. The number of rotatable bonds is 7. The van der Waals surface area contributed by atoms with Crippen LogP contribution in [0.5, 0.6) is 5.75 Å². The van der Waals surface area contributed by atoms with Gasteiger partial charge in [0.05, 0.1) is 17.5 Å². The van der Waals surface area contributed by atoms with E-state index in [9.17, 15) is 4.79 Å². The number of aryl methyl sites for hydroxylation is 1. The molecule has 5 rings (SSSR count). The molecule has 0 fully saturated rings. The van der Waals surface area contributed by atoms with Crippen LogP contribution in [0.2, 0.25) is 5.02 Å². The molecule has 0 bridgehead atoms. The summed E-state index contributed by atoms with van der Waals surface area (Å²) in [6, 6.07) is 18.7. The SMILES string of the molecule is COc1ccc(CNc2nc(C(=O)Nc3ccccc3)nc3sc(-c4cccnc4)c(C)c23)cc1Cl. The summed E-state index contributed by atoms with van der Waals surface area (Å²) >= 11 is 7.82. The zero-order valence-electron chi connectivity index (χ0n) is 19.6. The highest BCUT2D eigenvalue weighted by atomic mass is 35.5. The number of amides is 1. The predicted molar refractivity (Wildman–Crippen MR) is 145 cm³/mol. The Morgan fingerprint density at radius 1 is 1.08 bits per heavy atom. The van der Waals surface area contributed by atoms with Gasteiger partial charge in [0.2, 0.25) is 5.82 Å². The van der Waals surface area contributed by atoms with Crippen LogP contribution in [0.15, 0.2) is 73.1 Å². The maximum atomic E-state index is 13.1. The van der Waals surface area contributed by atoms with Crippen LogP contribution in [0.1, 0.15) is 21.7 Å². The molecule has 0 aliphatic rings. The van der Waals surface area contributed by atoms with Crippen LogP contribution in [0.4, 0.5) is 11.5 Å². The van der Waals surface area contributed by atoms with Gasteiger partial charge in [0.1, 0.15) is 16.4 Å². The summed E-state index contributed by atoms with van der Waals surface area (Å²) in [5, 5.41) is 7.66. The summed E-state index contributed by atoms with van der Waals surface area (Å²) < 4.78 is 5.25. The number of carbonyl (C=O) groups is 1. The zero-order chi connectivity index (χ0) is 25.1. The standard InChI is InChI=1S/C27H22ClN5O2S/c1-16-22-24(30-14-17-10-11-21(35-2)20(28)13-17)32-25(26(34)31-19-8-4-3-5-9-19)33-27(22)36-23(16)18-7-6-12-29-15-18/h3-13,15H,14H2,1-2H3,(H,31,34)(H,30,32,33). The third-order valence-electron chi connectivity index (χ3n) is 5.62. The Morgan fingerprint density at radius 3 is 2.64 bits per heavy atom. The van der Waals surface area contributed by atoms with Crippen molar-refractivity contribution in [1.29, 1.82) is 0 Å². The third-order valence-corrected chi connectivity index (χ3v) is 7.15. The number of methoxy groups -OCH3 is 1. The molecule has 0 aliphatic heterocycles. The smallest absolute Gasteiger partial charge is 0.293 e. The van der Waals surface area contributed by atoms with Crippen LogP contribution in [0.25, 0.3) is 20.7 Å². The van der Waals surface area contributed by atoms with E-state index in [2.05, 4.69) is 25.6 Å². The van der Waals surface area contributed by atoms with Crippen molar-refractivity contribution in [2.24, 2.45) is 0 Å². The number of hydrogen-bond donors (Lipinski definition) is 2. The van der Waals surface area contributed by atoms with E-state index in [1.165, 1.54) is 11.3 Å². The van der Waals surface area contributed by atoms with E-state index in [0.717, 1.165) is 31.8 Å². The lowest BCUT2D eigenvalue weighted by Gasteiger charge is -2.11. The summed E-state index contributed by atoms with van der Waals surface area (Å²) in [5.41, 5.74) is 3.63. The number of nitrogens with one attached hydrogen (secondary N) is 2. The molecule has 0 atom stereocenters. The number of fused-ring (bicyclic) bond motifs is 1. The zero-order valence-corrected chi connectivity index (χ0v) is 21.2. The first-order chi connectivity index (χ1) is 17.5. The molecule has 0 unspecified atom stereocenters. The van der Waals surface area contributed by atoms with E-state index in [-0.39, 0.29) is 11.7 Å². The molecule has 3 aromatic heterocycles. The molecule has 0 aliphatic carbocycles. The second kappa shape index (κ2) is 10.3. The monoisotopic (exact) mass is 515 g/mol. The fourth-order valence-corrected chi connectivity index (χ4v) is 5.31. The number of halogens is 1. The van der Waals surface area contributed by atoms with Gasteiger partial charge >= 0.3 is 0 Å². The van der Waals surface area contributed by atoms with Crippen molar-refractivity contribution in [2.75, 3.05) is 17.7 Å². The first-order valence-corrected chi connectivity index (χ1v) is 12.4. The minimum absolute atomic E-state index is 0.0839. The lowest BCUT2D eigenvalue weighted by atomic mass is 10.1. The van der Waals surface area contributed by atoms with Crippen molar-refractivity contribution in [2.45, 2.75) is 13.5 Å². The van der Waals surface area contributed by atoms with E-state index >= 15 is 0 Å². The van der Waals surface area contributed by atoms with Crippen LogP contribution in [0, 0.1) is 6.92 Å². The first-order valence-electron chi connectivity index (χ1n) is 11.2. The molecule has 7 nitrogen and oxygen atoms in total. The normalized spacial score (nSPS) is 10.9. The molecule has 2 N–H and O–H groups in total. The van der Waals surface area contributed by atoms with Gasteiger partial charge in [-0.15, -0.1) is 11.3 Å². The number of thiophene rings is 1. The summed E-state index contributed by atoms with van der Waals surface area (Å²) in [7, 11) is 1.58. The number of ether oxygens (including phenoxy) is 1. The van der Waals surface area contributed by atoms with Gasteiger partial charge in [-0.05, 0) is 48.4 Å². The van der Waals surface area contributed by atoms with Crippen molar-refractivity contribution < 1.29 is 9.53 Å². The molecule has 0 radical (unpaired) electrons. The molecule has 3 heterocycles. The van der Waals surface area contributed by atoms with Crippen molar-refractivity contribution >= 4 is 50.6 Å². The Kier molecular flexibility index (Phi) is 6.79. The van der Waals surface area contributed by atoms with Crippen LogP contribution in [-0.4, -0.2) is 28.0 Å². The summed E-state index contributed by atoms with van der Waals surface area (Å²) in [6.45, 7) is 2.48. The van der Waals surface area contributed by atoms with Gasteiger partial charge in [-0.2, -0.15) is 0 Å². The molecule has 1 amide bonds. The van der Waals surface area contributed by atoms with Gasteiger partial charge in [-0.3, -0.25) is 9.78 Å². The van der Waals surface area contributed by atoms with Crippen LogP contribution in [-0.2, 0) is 6.54 Å². The molecular weight excluding hydrogens is 494 g/mol. The highest BCUT2D eigenvalue weighted by Gasteiger charge is 2.20. The molecule has 0 spiro atoms. The lowest BCUT2D eigenvalue weighted by Crippen LogP contribution is -2.17. The summed E-state index contributed by atoms with van der Waals surface area (Å²) in [4.78, 5) is 28.3. The van der Waals surface area contributed by atoms with E-state index in [1.54, 1.807) is 13.3 Å². The number of nitrogens with zero attached hydrogens (tertiary/aromatic N) is 3. The second-order valence-corrected chi connectivity index (χ2v) is 9.42. The van der Waals surface area contributed by atoms with Gasteiger partial charge in [-0.25, -0.2) is 9.97 Å². The molecule has 36 heavy (non-hydrogen) atoms. The summed E-state index contributed by atoms with van der Waals surface area (Å²) in [5.74, 6) is 0.891. The average Bonchev–Trinajstić information content (AvgIpc) is 3.24. The molecule has 9 heteroatoms. The molecule has 2 aromatic carbocycles. The van der Waals surface area contributed by atoms with Gasteiger partial charge in [0.25, 0.3) is 5.91 Å². The topological polar surface area (TPSA) is 89.0 Å². The number of anilines is 2. The van der Waals surface area contributed by atoms with Crippen LogP contribution >= 0.6 is 22.9 Å². The van der Waals surface area contributed by atoms with E-state index in [1.807, 2.05) is 73.8 Å². The Hall–Kier alpha value is -4.01. The predicted octanol–water partition coefficient (Wildman–Crippen LogP) is 6.59. The van der Waals surface area contributed by atoms with Crippen LogP contribution in [0.3, 0.4) is 0 Å². The van der Waals surface area contributed by atoms with E-state index in [0.29, 0.717) is 28.8 Å². The van der Waals surface area contributed by atoms with Crippen molar-refractivity contribution in [3.8, 4) is 16.2 Å². The van der Waals surface area contributed by atoms with Gasteiger partial charge < -0.3 is 15.4 Å². The maximum Gasteiger partial charge on any atom is 0.293 e. The number of hydrogen-bond acceptors (Lipinski definition) is 7. The molecular formula is C27H22ClN5O2S. The van der Waals surface area contributed by atoms with Crippen LogP contribution < -0.4 is 15.4 Å². The first kappa shape index (κ1) is 23.7. The summed E-state index contributed by atoms with van der Waals surface area (Å²) in [6.07, 6.45) is 3.56. The fraction of sp³-hybridized carbons (Fsp3) is 0.111. The number of carbonyl (C=O) groups excluding carboxylic acids is 1. The van der Waals surface area contributed by atoms with Crippen molar-refractivity contribution in [3.63, 3.8) is 0 Å². The number of para-hydroxylation sites is 1. The highest BCUT2D eigenvalue weighted by Crippen LogP contribution is 2.40. The van der Waals surface area contributed by atoms with Crippen molar-refractivity contribution in [3.05, 3.63) is 95.0 Å². The Labute approximate surface area is 217 Å². The Bertz CT molecular complexity index is 1540. The van der Waals surface area contributed by atoms with Crippen molar-refractivity contribution in [1.82, 2.24) is 15.0 Å². The Balaban J connectivity index is 1.55.